The zero-order valence-corrected chi connectivity index (χ0v) is 16.7. The molecule has 6 nitrogen and oxygen atoms in total. The Bertz CT molecular complexity index is 1040. The van der Waals surface area contributed by atoms with Crippen LogP contribution in [0.25, 0.3) is 11.1 Å². The van der Waals surface area contributed by atoms with Crippen molar-refractivity contribution in [1.29, 1.82) is 0 Å². The molecule has 1 atom stereocenters. The fourth-order valence-electron chi connectivity index (χ4n) is 4.65. The molecule has 146 valence electrons. The van der Waals surface area contributed by atoms with E-state index in [1.165, 1.54) is 11.1 Å². The van der Waals surface area contributed by atoms with Crippen LogP contribution in [0.4, 0.5) is 11.4 Å². The summed E-state index contributed by atoms with van der Waals surface area (Å²) in [6, 6.07) is 7.57. The molecule has 2 aromatic rings. The minimum absolute atomic E-state index is 0.379. The summed E-state index contributed by atoms with van der Waals surface area (Å²) in [5.74, 6) is 0.768. The van der Waals surface area contributed by atoms with E-state index in [4.69, 9.17) is 9.05 Å². The number of hydrogen-bond acceptors (Lipinski definition) is 5. The smallest absolute Gasteiger partial charge is 0.394 e. The molecule has 0 amide bonds. The molecular formula is C21H23N2O4P. The first-order valence-electron chi connectivity index (χ1n) is 9.63. The number of hydrogen-bond donors (Lipinski definition) is 1. The van der Waals surface area contributed by atoms with Gasteiger partial charge in [0.2, 0.25) is 0 Å². The molecule has 3 aliphatic heterocycles. The molecule has 3 aliphatic rings. The average molecular weight is 398 g/mol. The molecule has 0 aromatic heterocycles. The second-order valence-corrected chi connectivity index (χ2v) is 8.85. The molecule has 1 N–H and O–H groups in total. The van der Waals surface area contributed by atoms with Gasteiger partial charge in [0.1, 0.15) is 11.5 Å². The third kappa shape index (κ3) is 2.63. The minimum Gasteiger partial charge on any atom is -0.394 e. The van der Waals surface area contributed by atoms with Crippen molar-refractivity contribution in [2.24, 2.45) is 0 Å². The third-order valence-corrected chi connectivity index (χ3v) is 6.65. The van der Waals surface area contributed by atoms with Crippen molar-refractivity contribution in [2.75, 3.05) is 29.9 Å². The first-order chi connectivity index (χ1) is 13.5. The number of aryl methyl sites for hydroxylation is 2. The van der Waals surface area contributed by atoms with Crippen molar-refractivity contribution in [3.05, 3.63) is 48.2 Å². The lowest BCUT2D eigenvalue weighted by Gasteiger charge is -2.34. The summed E-state index contributed by atoms with van der Waals surface area (Å²) in [6.45, 7) is 5.76. The van der Waals surface area contributed by atoms with E-state index in [1.54, 1.807) is 12.1 Å². The van der Waals surface area contributed by atoms with Gasteiger partial charge in [-0.25, -0.2) is 4.57 Å². The predicted octanol–water partition coefficient (Wildman–Crippen LogP) is 4.50. The Morgan fingerprint density at radius 3 is 2.21 bits per heavy atom. The summed E-state index contributed by atoms with van der Waals surface area (Å²) in [5, 5.41) is 0. The largest absolute Gasteiger partial charge is 0.584 e. The number of nitrogens with zero attached hydrogens (tertiary/aromatic N) is 2. The van der Waals surface area contributed by atoms with Crippen LogP contribution in [0.2, 0.25) is 0 Å². The Hall–Kier alpha value is -2.43. The van der Waals surface area contributed by atoms with Crippen molar-refractivity contribution in [1.82, 2.24) is 0 Å². The SMILES string of the molecule is C=CN1CCCc2ccc3c(c21)-c1c(ccc2c1N(C)CCC2)OP(=O)(O)O3. The third-order valence-electron chi connectivity index (χ3n) is 5.80. The summed E-state index contributed by atoms with van der Waals surface area (Å²) in [5.41, 5.74) is 6.12. The molecule has 5 rings (SSSR count). The highest BCUT2D eigenvalue weighted by molar-refractivity contribution is 7.48. The summed E-state index contributed by atoms with van der Waals surface area (Å²) >= 11 is 0. The maximum absolute atomic E-state index is 12.6. The summed E-state index contributed by atoms with van der Waals surface area (Å²) in [7, 11) is -2.22. The van der Waals surface area contributed by atoms with Crippen LogP contribution in [0.5, 0.6) is 11.5 Å². The van der Waals surface area contributed by atoms with Crippen molar-refractivity contribution in [2.45, 2.75) is 25.7 Å². The van der Waals surface area contributed by atoms with E-state index in [2.05, 4.69) is 23.4 Å². The van der Waals surface area contributed by atoms with E-state index in [0.717, 1.165) is 61.3 Å². The van der Waals surface area contributed by atoms with Gasteiger partial charge in [0, 0.05) is 20.1 Å². The Kier molecular flexibility index (Phi) is 3.97. The van der Waals surface area contributed by atoms with Crippen molar-refractivity contribution in [3.63, 3.8) is 0 Å². The van der Waals surface area contributed by atoms with Gasteiger partial charge in [0.05, 0.1) is 22.5 Å². The Balaban J connectivity index is 1.90. The number of rotatable bonds is 1. The molecule has 0 bridgehead atoms. The Morgan fingerprint density at radius 1 is 1.00 bits per heavy atom. The Labute approximate surface area is 164 Å². The molecule has 0 spiro atoms. The predicted molar refractivity (Wildman–Crippen MR) is 110 cm³/mol. The Morgan fingerprint density at radius 2 is 1.57 bits per heavy atom. The lowest BCUT2D eigenvalue weighted by atomic mass is 9.88. The van der Waals surface area contributed by atoms with Crippen LogP contribution in [-0.2, 0) is 17.4 Å². The van der Waals surface area contributed by atoms with Crippen LogP contribution in [-0.4, -0.2) is 25.0 Å². The zero-order chi connectivity index (χ0) is 19.5. The second kappa shape index (κ2) is 6.29. The van der Waals surface area contributed by atoms with Crippen molar-refractivity contribution < 1.29 is 18.5 Å². The molecule has 0 radical (unpaired) electrons. The van der Waals surface area contributed by atoms with Gasteiger partial charge in [-0.3, -0.25) is 4.89 Å². The van der Waals surface area contributed by atoms with E-state index in [-0.39, 0.29) is 0 Å². The number of fused-ring (bicyclic) bond motifs is 7. The van der Waals surface area contributed by atoms with Crippen LogP contribution >= 0.6 is 7.82 Å². The summed E-state index contributed by atoms with van der Waals surface area (Å²) < 4.78 is 23.7. The number of phosphoric ester groups is 1. The van der Waals surface area contributed by atoms with E-state index < -0.39 is 7.82 Å². The number of anilines is 2. The molecule has 1 unspecified atom stereocenters. The number of benzene rings is 2. The molecule has 0 saturated heterocycles. The van der Waals surface area contributed by atoms with Gasteiger partial charge in [-0.1, -0.05) is 18.7 Å². The molecule has 28 heavy (non-hydrogen) atoms. The van der Waals surface area contributed by atoms with E-state index in [0.29, 0.717) is 11.5 Å². The van der Waals surface area contributed by atoms with E-state index in [1.807, 2.05) is 18.3 Å². The van der Waals surface area contributed by atoms with Gasteiger partial charge in [0.15, 0.2) is 0 Å². The lowest BCUT2D eigenvalue weighted by molar-refractivity contribution is 0.294. The lowest BCUT2D eigenvalue weighted by Crippen LogP contribution is -2.27. The van der Waals surface area contributed by atoms with Gasteiger partial charge >= 0.3 is 7.82 Å². The van der Waals surface area contributed by atoms with Crippen molar-refractivity contribution in [3.8, 4) is 22.6 Å². The zero-order valence-electron chi connectivity index (χ0n) is 15.9. The van der Waals surface area contributed by atoms with Crippen LogP contribution < -0.4 is 18.8 Å². The topological polar surface area (TPSA) is 62.2 Å². The van der Waals surface area contributed by atoms with Crippen molar-refractivity contribution >= 4 is 19.2 Å². The highest BCUT2D eigenvalue weighted by atomic mass is 31.2. The molecule has 0 fully saturated rings. The first kappa shape index (κ1) is 17.7. The van der Waals surface area contributed by atoms with Crippen LogP contribution in [0.1, 0.15) is 24.0 Å². The maximum Gasteiger partial charge on any atom is 0.584 e. The summed E-state index contributed by atoms with van der Waals surface area (Å²) in [6.07, 6.45) is 5.86. The fourth-order valence-corrected chi connectivity index (χ4v) is 5.49. The highest BCUT2D eigenvalue weighted by Crippen LogP contribution is 2.60. The number of phosphoric acid groups is 1. The van der Waals surface area contributed by atoms with Gasteiger partial charge < -0.3 is 18.8 Å². The monoisotopic (exact) mass is 398 g/mol. The maximum atomic E-state index is 12.6. The average Bonchev–Trinajstić information content (AvgIpc) is 2.79. The molecule has 0 aliphatic carbocycles. The van der Waals surface area contributed by atoms with Crippen LogP contribution in [0.3, 0.4) is 0 Å². The van der Waals surface area contributed by atoms with Gasteiger partial charge in [0.25, 0.3) is 0 Å². The second-order valence-electron chi connectivity index (χ2n) is 7.55. The van der Waals surface area contributed by atoms with Crippen LogP contribution in [0, 0.1) is 0 Å². The quantitative estimate of drug-likeness (QED) is 0.714. The first-order valence-corrected chi connectivity index (χ1v) is 11.1. The molecule has 0 saturated carbocycles. The molecule has 7 heteroatoms. The van der Waals surface area contributed by atoms with E-state index >= 15 is 0 Å². The highest BCUT2D eigenvalue weighted by Gasteiger charge is 2.38. The summed E-state index contributed by atoms with van der Waals surface area (Å²) in [4.78, 5) is 14.6. The minimum atomic E-state index is -4.28. The fraction of sp³-hybridized carbons (Fsp3) is 0.333. The molecule has 3 heterocycles. The molecular weight excluding hydrogens is 375 g/mol. The molecule has 2 aromatic carbocycles. The van der Waals surface area contributed by atoms with Gasteiger partial charge in [-0.05, 0) is 55.1 Å². The normalized spacial score (nSPS) is 22.6. The van der Waals surface area contributed by atoms with Crippen LogP contribution in [0.15, 0.2) is 37.0 Å². The van der Waals surface area contributed by atoms with E-state index in [9.17, 15) is 9.46 Å². The van der Waals surface area contributed by atoms with Gasteiger partial charge in [-0.15, -0.1) is 0 Å². The van der Waals surface area contributed by atoms with Gasteiger partial charge in [-0.2, -0.15) is 0 Å². The standard InChI is InChI=1S/C21H23N2O4P/c1-3-23-13-5-7-15-9-11-17-19(21(15)23)18-16(26-28(24,25)27-17)10-8-14-6-4-12-22(2)20(14)18/h3,8-11H,1,4-7,12-13H2,2H3,(H,24,25).